The molecule has 0 bridgehead atoms. The van der Waals surface area contributed by atoms with Gasteiger partial charge in [-0.25, -0.2) is 4.39 Å². The summed E-state index contributed by atoms with van der Waals surface area (Å²) in [4.78, 5) is 12.1. The highest BCUT2D eigenvalue weighted by Gasteiger charge is 2.27. The van der Waals surface area contributed by atoms with Gasteiger partial charge in [-0.2, -0.15) is 0 Å². The van der Waals surface area contributed by atoms with E-state index in [-0.39, 0.29) is 11.6 Å². The van der Waals surface area contributed by atoms with Crippen LogP contribution in [-0.4, -0.2) is 19.4 Å². The second-order valence-electron chi connectivity index (χ2n) is 8.34. The third-order valence-electron chi connectivity index (χ3n) is 6.28. The molecule has 2 N–H and O–H groups in total. The van der Waals surface area contributed by atoms with Gasteiger partial charge < -0.3 is 10.5 Å². The van der Waals surface area contributed by atoms with Crippen molar-refractivity contribution in [3.8, 4) is 5.75 Å². The number of benzene rings is 2. The second-order valence-corrected chi connectivity index (χ2v) is 8.34. The normalized spacial score (nSPS) is 19.9. The molecule has 1 aliphatic carbocycles. The van der Waals surface area contributed by atoms with Gasteiger partial charge in [0.2, 0.25) is 0 Å². The summed E-state index contributed by atoms with van der Waals surface area (Å²) in [6.45, 7) is 2.76. The van der Waals surface area contributed by atoms with Crippen LogP contribution in [0.15, 0.2) is 42.5 Å². The number of carbonyl (C=O) groups is 1. The Kier molecular flexibility index (Phi) is 7.43. The first-order chi connectivity index (χ1) is 14.0. The molecule has 1 fully saturated rings. The summed E-state index contributed by atoms with van der Waals surface area (Å²) in [5.74, 6) is 1.78. The lowest BCUT2D eigenvalue weighted by Crippen LogP contribution is -2.05. The van der Waals surface area contributed by atoms with Crippen LogP contribution >= 0.6 is 0 Å². The number of ketones is 1. The van der Waals surface area contributed by atoms with Crippen molar-refractivity contribution >= 4 is 5.78 Å². The topological polar surface area (TPSA) is 52.3 Å². The monoisotopic (exact) mass is 397 g/mol. The van der Waals surface area contributed by atoms with Crippen LogP contribution in [0.2, 0.25) is 0 Å². The fourth-order valence-corrected chi connectivity index (χ4v) is 4.56. The maximum absolute atomic E-state index is 13.7. The van der Waals surface area contributed by atoms with Crippen LogP contribution in [0.5, 0.6) is 5.75 Å². The van der Waals surface area contributed by atoms with E-state index in [0.29, 0.717) is 36.5 Å². The lowest BCUT2D eigenvalue weighted by Gasteiger charge is -2.18. The summed E-state index contributed by atoms with van der Waals surface area (Å²) < 4.78 is 18.8. The van der Waals surface area contributed by atoms with E-state index in [2.05, 4.69) is 19.1 Å². The van der Waals surface area contributed by atoms with Crippen LogP contribution in [0.1, 0.15) is 78.8 Å². The molecule has 1 aliphatic rings. The van der Waals surface area contributed by atoms with E-state index < -0.39 is 0 Å². The summed E-state index contributed by atoms with van der Waals surface area (Å²) >= 11 is 0. The average molecular weight is 398 g/mol. The molecule has 4 heteroatoms. The molecule has 156 valence electrons. The van der Waals surface area contributed by atoms with Gasteiger partial charge in [-0.15, -0.1) is 0 Å². The van der Waals surface area contributed by atoms with Gasteiger partial charge in [-0.3, -0.25) is 4.79 Å². The van der Waals surface area contributed by atoms with Gasteiger partial charge in [0, 0.05) is 12.0 Å². The molecule has 2 aromatic rings. The average Bonchev–Trinajstić information content (AvgIpc) is 3.20. The number of rotatable bonds is 9. The molecule has 3 nitrogen and oxygen atoms in total. The fraction of sp³-hybridized carbons (Fsp3) is 0.480. The van der Waals surface area contributed by atoms with Crippen molar-refractivity contribution in [1.29, 1.82) is 0 Å². The van der Waals surface area contributed by atoms with Crippen molar-refractivity contribution in [1.82, 2.24) is 0 Å². The molecule has 1 saturated carbocycles. The quantitative estimate of drug-likeness (QED) is 0.541. The molecule has 3 atom stereocenters. The highest BCUT2D eigenvalue weighted by Crippen LogP contribution is 2.42. The van der Waals surface area contributed by atoms with Gasteiger partial charge in [-0.1, -0.05) is 37.3 Å². The maximum atomic E-state index is 13.7. The van der Waals surface area contributed by atoms with Crippen molar-refractivity contribution in [2.24, 2.45) is 11.7 Å². The Hall–Kier alpha value is -2.20. The largest absolute Gasteiger partial charge is 0.494 e. The van der Waals surface area contributed by atoms with E-state index >= 15 is 0 Å². The van der Waals surface area contributed by atoms with Crippen LogP contribution in [0, 0.1) is 11.7 Å². The minimum atomic E-state index is -0.311. The molecule has 0 aromatic heterocycles. The van der Waals surface area contributed by atoms with Gasteiger partial charge in [-0.05, 0) is 79.7 Å². The molecule has 0 saturated heterocycles. The Morgan fingerprint density at radius 1 is 1.21 bits per heavy atom. The SMILES string of the molecule is COc1cc([C@@H](C)C[C@H]2CC[C@@H](c3ccc(C(=O)CCCN)cc3)C2)ccc1F. The van der Waals surface area contributed by atoms with Gasteiger partial charge in [0.05, 0.1) is 7.11 Å². The Bertz CT molecular complexity index is 818. The molecule has 0 unspecified atom stereocenters. The Balaban J connectivity index is 1.56. The third-order valence-corrected chi connectivity index (χ3v) is 6.28. The van der Waals surface area contributed by atoms with Crippen molar-refractivity contribution < 1.29 is 13.9 Å². The number of ether oxygens (including phenoxy) is 1. The van der Waals surface area contributed by atoms with Crippen LogP contribution in [0.25, 0.3) is 0 Å². The Labute approximate surface area is 173 Å². The van der Waals surface area contributed by atoms with Gasteiger partial charge in [0.25, 0.3) is 0 Å². The number of Topliss-reactive ketones (excluding diaryl/α,β-unsaturated/α-hetero) is 1. The molecular weight excluding hydrogens is 365 g/mol. The van der Waals surface area contributed by atoms with E-state index in [1.165, 1.54) is 38.0 Å². The molecule has 0 heterocycles. The zero-order chi connectivity index (χ0) is 20.8. The van der Waals surface area contributed by atoms with Crippen molar-refractivity contribution in [3.63, 3.8) is 0 Å². The number of methoxy groups -OCH3 is 1. The number of hydrogen-bond donors (Lipinski definition) is 1. The van der Waals surface area contributed by atoms with E-state index in [9.17, 15) is 9.18 Å². The fourth-order valence-electron chi connectivity index (χ4n) is 4.56. The number of hydrogen-bond acceptors (Lipinski definition) is 3. The minimum Gasteiger partial charge on any atom is -0.494 e. The summed E-state index contributed by atoms with van der Waals surface area (Å²) in [6.07, 6.45) is 5.93. The molecule has 0 aliphatic heterocycles. The Morgan fingerprint density at radius 3 is 2.66 bits per heavy atom. The molecule has 0 amide bonds. The van der Waals surface area contributed by atoms with Crippen molar-refractivity contribution in [2.75, 3.05) is 13.7 Å². The maximum Gasteiger partial charge on any atom is 0.165 e. The first-order valence-corrected chi connectivity index (χ1v) is 10.7. The first-order valence-electron chi connectivity index (χ1n) is 10.7. The highest BCUT2D eigenvalue weighted by molar-refractivity contribution is 5.96. The summed E-state index contributed by atoms with van der Waals surface area (Å²) in [7, 11) is 1.51. The van der Waals surface area contributed by atoms with Crippen LogP contribution in [-0.2, 0) is 0 Å². The first kappa shape index (κ1) is 21.5. The predicted octanol–water partition coefficient (Wildman–Crippen LogP) is 5.83. The zero-order valence-corrected chi connectivity index (χ0v) is 17.5. The lowest BCUT2D eigenvalue weighted by molar-refractivity contribution is 0.0980. The molecule has 0 spiro atoms. The molecular formula is C25H32FNO2. The zero-order valence-electron chi connectivity index (χ0n) is 17.5. The van der Waals surface area contributed by atoms with E-state index in [1.807, 2.05) is 24.3 Å². The number of nitrogens with two attached hydrogens (primary N) is 1. The van der Waals surface area contributed by atoms with E-state index in [0.717, 1.165) is 24.0 Å². The summed E-state index contributed by atoms with van der Waals surface area (Å²) in [5.41, 5.74) is 8.74. The summed E-state index contributed by atoms with van der Waals surface area (Å²) in [6, 6.07) is 13.4. The van der Waals surface area contributed by atoms with E-state index in [1.54, 1.807) is 0 Å². The molecule has 29 heavy (non-hydrogen) atoms. The molecule has 2 aromatic carbocycles. The highest BCUT2D eigenvalue weighted by atomic mass is 19.1. The minimum absolute atomic E-state index is 0.176. The van der Waals surface area contributed by atoms with Crippen LogP contribution in [0.3, 0.4) is 0 Å². The van der Waals surface area contributed by atoms with E-state index in [4.69, 9.17) is 10.5 Å². The molecule has 0 radical (unpaired) electrons. The smallest absolute Gasteiger partial charge is 0.165 e. The third kappa shape index (κ3) is 5.45. The second kappa shape index (κ2) is 10.0. The van der Waals surface area contributed by atoms with Crippen LogP contribution < -0.4 is 10.5 Å². The van der Waals surface area contributed by atoms with Crippen molar-refractivity contribution in [2.45, 2.75) is 57.3 Å². The van der Waals surface area contributed by atoms with Gasteiger partial charge in [0.1, 0.15) is 0 Å². The van der Waals surface area contributed by atoms with Gasteiger partial charge >= 0.3 is 0 Å². The predicted molar refractivity (Wildman–Crippen MR) is 115 cm³/mol. The summed E-state index contributed by atoms with van der Waals surface area (Å²) in [5, 5.41) is 0. The number of halogens is 1. The standard InChI is InChI=1S/C25H32FNO2/c1-17(21-11-12-23(26)25(16-21)29-2)14-18-5-6-22(15-18)19-7-9-20(10-8-19)24(28)4-3-13-27/h7-12,16-18,22H,3-6,13-15,27H2,1-2H3/t17-,18+,22+/m0/s1. The van der Waals surface area contributed by atoms with Crippen molar-refractivity contribution in [3.05, 3.63) is 65.0 Å². The molecule has 3 rings (SSSR count). The Morgan fingerprint density at radius 2 is 1.97 bits per heavy atom. The van der Waals surface area contributed by atoms with Crippen LogP contribution in [0.4, 0.5) is 4.39 Å². The number of carbonyl (C=O) groups excluding carboxylic acids is 1. The van der Waals surface area contributed by atoms with Gasteiger partial charge in [0.15, 0.2) is 17.3 Å². The lowest BCUT2D eigenvalue weighted by atomic mass is 9.87.